The van der Waals surface area contributed by atoms with Gasteiger partial charge in [0.25, 0.3) is 0 Å². The first-order valence-electron chi connectivity index (χ1n) is 7.47. The molecule has 1 N–H and O–H groups in total. The number of carbonyl (C=O) groups excluding carboxylic acids is 2. The average molecular weight is 306 g/mol. The quantitative estimate of drug-likeness (QED) is 0.836. The molecule has 0 saturated carbocycles. The van der Waals surface area contributed by atoms with Crippen molar-refractivity contribution in [1.82, 2.24) is 10.2 Å². The molecule has 1 rings (SSSR count). The van der Waals surface area contributed by atoms with Gasteiger partial charge < -0.3 is 15.0 Å². The van der Waals surface area contributed by atoms with E-state index in [2.05, 4.69) is 5.32 Å². The van der Waals surface area contributed by atoms with E-state index < -0.39 is 6.04 Å². The number of methoxy groups -OCH3 is 1. The summed E-state index contributed by atoms with van der Waals surface area (Å²) in [5.41, 5.74) is 0.888. The van der Waals surface area contributed by atoms with Crippen LogP contribution in [0.25, 0.3) is 0 Å². The second-order valence-corrected chi connectivity index (χ2v) is 6.01. The highest BCUT2D eigenvalue weighted by Gasteiger charge is 2.23. The summed E-state index contributed by atoms with van der Waals surface area (Å²) >= 11 is 0. The Labute approximate surface area is 132 Å². The molecule has 22 heavy (non-hydrogen) atoms. The average Bonchev–Trinajstić information content (AvgIpc) is 2.45. The van der Waals surface area contributed by atoms with Crippen LogP contribution in [0.3, 0.4) is 0 Å². The molecule has 122 valence electrons. The van der Waals surface area contributed by atoms with Crippen LogP contribution < -0.4 is 10.1 Å². The van der Waals surface area contributed by atoms with Crippen LogP contribution in [0.15, 0.2) is 24.3 Å². The van der Waals surface area contributed by atoms with Crippen LogP contribution in [0.1, 0.15) is 25.8 Å². The maximum atomic E-state index is 12.2. The van der Waals surface area contributed by atoms with Crippen LogP contribution in [0, 0.1) is 5.92 Å². The van der Waals surface area contributed by atoms with Crippen molar-refractivity contribution in [3.8, 4) is 5.75 Å². The lowest BCUT2D eigenvalue weighted by Crippen LogP contribution is -2.47. The Morgan fingerprint density at radius 2 is 1.77 bits per heavy atom. The third-order valence-corrected chi connectivity index (χ3v) is 3.30. The molecule has 0 aliphatic heterocycles. The molecular weight excluding hydrogens is 280 g/mol. The highest BCUT2D eigenvalue weighted by Crippen LogP contribution is 2.12. The van der Waals surface area contributed by atoms with Crippen molar-refractivity contribution in [3.63, 3.8) is 0 Å². The van der Waals surface area contributed by atoms with Crippen LogP contribution >= 0.6 is 0 Å². The molecule has 1 atom stereocenters. The van der Waals surface area contributed by atoms with Gasteiger partial charge in [-0.3, -0.25) is 9.59 Å². The van der Waals surface area contributed by atoms with Gasteiger partial charge in [0, 0.05) is 14.1 Å². The third kappa shape index (κ3) is 5.76. The summed E-state index contributed by atoms with van der Waals surface area (Å²) in [7, 11) is 5.00. The summed E-state index contributed by atoms with van der Waals surface area (Å²) in [6, 6.07) is 6.87. The number of ether oxygens (including phenoxy) is 1. The standard InChI is InChI=1S/C17H26N2O3/c1-12(2)10-15(17(21)19(3)4)18-16(20)11-13-6-8-14(22-5)9-7-13/h6-9,12,15H,10-11H2,1-5H3,(H,18,20)/t15-/m0/s1. The van der Waals surface area contributed by atoms with Crippen LogP contribution in [0.5, 0.6) is 5.75 Å². The molecule has 0 aliphatic carbocycles. The van der Waals surface area contributed by atoms with Gasteiger partial charge in [0.2, 0.25) is 11.8 Å². The van der Waals surface area contributed by atoms with E-state index in [0.717, 1.165) is 11.3 Å². The maximum absolute atomic E-state index is 12.2. The van der Waals surface area contributed by atoms with E-state index in [1.54, 1.807) is 21.2 Å². The number of amides is 2. The maximum Gasteiger partial charge on any atom is 0.244 e. The first kappa shape index (κ1) is 18.0. The van der Waals surface area contributed by atoms with Gasteiger partial charge in [0.05, 0.1) is 13.5 Å². The second-order valence-electron chi connectivity index (χ2n) is 6.01. The fraction of sp³-hybridized carbons (Fsp3) is 0.529. The van der Waals surface area contributed by atoms with Crippen molar-refractivity contribution >= 4 is 11.8 Å². The Balaban J connectivity index is 2.67. The molecule has 2 amide bonds. The van der Waals surface area contributed by atoms with Crippen molar-refractivity contribution in [1.29, 1.82) is 0 Å². The molecule has 0 saturated heterocycles. The molecule has 1 aromatic carbocycles. The van der Waals surface area contributed by atoms with E-state index in [-0.39, 0.29) is 18.2 Å². The zero-order valence-corrected chi connectivity index (χ0v) is 14.1. The summed E-state index contributed by atoms with van der Waals surface area (Å²) in [6.07, 6.45) is 0.880. The number of carbonyl (C=O) groups is 2. The highest BCUT2D eigenvalue weighted by atomic mass is 16.5. The Hall–Kier alpha value is -2.04. The Morgan fingerprint density at radius 1 is 1.18 bits per heavy atom. The van der Waals surface area contributed by atoms with Crippen molar-refractivity contribution in [3.05, 3.63) is 29.8 Å². The fourth-order valence-electron chi connectivity index (χ4n) is 2.18. The number of hydrogen-bond donors (Lipinski definition) is 1. The van der Waals surface area contributed by atoms with Crippen molar-refractivity contribution in [2.24, 2.45) is 5.92 Å². The number of nitrogens with one attached hydrogen (secondary N) is 1. The Kier molecular flexibility index (Phi) is 6.89. The van der Waals surface area contributed by atoms with Crippen LogP contribution in [0.2, 0.25) is 0 Å². The Bertz CT molecular complexity index is 495. The summed E-state index contributed by atoms with van der Waals surface area (Å²) in [4.78, 5) is 25.8. The fourth-order valence-corrected chi connectivity index (χ4v) is 2.18. The lowest BCUT2D eigenvalue weighted by atomic mass is 10.0. The van der Waals surface area contributed by atoms with Crippen LogP contribution in [-0.4, -0.2) is 44.0 Å². The van der Waals surface area contributed by atoms with E-state index in [4.69, 9.17) is 4.74 Å². The number of nitrogens with zero attached hydrogens (tertiary/aromatic N) is 1. The zero-order valence-electron chi connectivity index (χ0n) is 14.1. The Morgan fingerprint density at radius 3 is 2.23 bits per heavy atom. The number of likely N-dealkylation sites (N-methyl/N-ethyl adjacent to an activating group) is 1. The third-order valence-electron chi connectivity index (χ3n) is 3.30. The SMILES string of the molecule is COc1ccc(CC(=O)N[C@@H](CC(C)C)C(=O)N(C)C)cc1. The van der Waals surface area contributed by atoms with Gasteiger partial charge >= 0.3 is 0 Å². The predicted molar refractivity (Wildman–Crippen MR) is 86.8 cm³/mol. The monoisotopic (exact) mass is 306 g/mol. The van der Waals surface area contributed by atoms with E-state index in [1.807, 2.05) is 38.1 Å². The van der Waals surface area contributed by atoms with Crippen molar-refractivity contribution in [2.45, 2.75) is 32.7 Å². The smallest absolute Gasteiger partial charge is 0.244 e. The van der Waals surface area contributed by atoms with Gasteiger partial charge in [-0.15, -0.1) is 0 Å². The molecule has 5 nitrogen and oxygen atoms in total. The lowest BCUT2D eigenvalue weighted by Gasteiger charge is -2.23. The molecule has 0 radical (unpaired) electrons. The number of rotatable bonds is 7. The molecule has 0 spiro atoms. The molecular formula is C17H26N2O3. The second kappa shape index (κ2) is 8.41. The van der Waals surface area contributed by atoms with Gasteiger partial charge in [-0.1, -0.05) is 26.0 Å². The van der Waals surface area contributed by atoms with Gasteiger partial charge in [0.1, 0.15) is 11.8 Å². The van der Waals surface area contributed by atoms with Gasteiger partial charge in [-0.2, -0.15) is 0 Å². The van der Waals surface area contributed by atoms with E-state index >= 15 is 0 Å². The first-order chi connectivity index (χ1) is 10.3. The van der Waals surface area contributed by atoms with E-state index in [9.17, 15) is 9.59 Å². The molecule has 0 heterocycles. The molecule has 0 bridgehead atoms. The van der Waals surface area contributed by atoms with Gasteiger partial charge in [-0.05, 0) is 30.0 Å². The largest absolute Gasteiger partial charge is 0.497 e. The molecule has 0 aliphatic rings. The normalized spacial score (nSPS) is 11.9. The summed E-state index contributed by atoms with van der Waals surface area (Å²) in [6.45, 7) is 4.07. The minimum absolute atomic E-state index is 0.0724. The number of benzene rings is 1. The first-order valence-corrected chi connectivity index (χ1v) is 7.47. The summed E-state index contributed by atoms with van der Waals surface area (Å²) in [5.74, 6) is 0.864. The van der Waals surface area contributed by atoms with Gasteiger partial charge in [0.15, 0.2) is 0 Å². The van der Waals surface area contributed by atoms with Gasteiger partial charge in [-0.25, -0.2) is 0 Å². The summed E-state index contributed by atoms with van der Waals surface area (Å²) in [5, 5.41) is 2.85. The highest BCUT2D eigenvalue weighted by molar-refractivity contribution is 5.88. The topological polar surface area (TPSA) is 58.6 Å². The van der Waals surface area contributed by atoms with Crippen LogP contribution in [0.4, 0.5) is 0 Å². The minimum atomic E-state index is -0.472. The molecule has 1 aromatic rings. The number of hydrogen-bond acceptors (Lipinski definition) is 3. The van der Waals surface area contributed by atoms with Crippen molar-refractivity contribution < 1.29 is 14.3 Å². The molecule has 0 aromatic heterocycles. The molecule has 5 heteroatoms. The lowest BCUT2D eigenvalue weighted by molar-refractivity contribution is -0.134. The van der Waals surface area contributed by atoms with Crippen LogP contribution in [-0.2, 0) is 16.0 Å². The molecule has 0 unspecified atom stereocenters. The molecule has 0 fully saturated rings. The van der Waals surface area contributed by atoms with E-state index in [0.29, 0.717) is 12.3 Å². The van der Waals surface area contributed by atoms with Crippen molar-refractivity contribution in [2.75, 3.05) is 21.2 Å². The predicted octanol–water partition coefficient (Wildman–Crippen LogP) is 1.86. The minimum Gasteiger partial charge on any atom is -0.497 e. The summed E-state index contributed by atoms with van der Waals surface area (Å²) < 4.78 is 5.09. The van der Waals surface area contributed by atoms with E-state index in [1.165, 1.54) is 4.90 Å². The zero-order chi connectivity index (χ0) is 16.7.